The fraction of sp³-hybridized carbons (Fsp3) is 0.0244. The fourth-order valence-corrected chi connectivity index (χ4v) is 8.29. The van der Waals surface area contributed by atoms with E-state index in [4.69, 9.17) is 0 Å². The van der Waals surface area contributed by atoms with Crippen LogP contribution in [0.15, 0.2) is 140 Å². The third-order valence-electron chi connectivity index (χ3n) is 8.97. The maximum absolute atomic E-state index is 2.45. The van der Waals surface area contributed by atoms with Crippen LogP contribution in [-0.4, -0.2) is 0 Å². The van der Waals surface area contributed by atoms with Gasteiger partial charge in [-0.2, -0.15) is 0 Å². The molecule has 0 aliphatic carbocycles. The Bertz CT molecular complexity index is 2450. The molecule has 0 saturated carbocycles. The van der Waals surface area contributed by atoms with Gasteiger partial charge in [-0.05, 0) is 84.8 Å². The monoisotopic (exact) mass is 550 g/mol. The molecule has 0 bridgehead atoms. The largest absolute Gasteiger partial charge is 0.135 e. The standard InChI is InChI=1S/C41H26S/c1-25-23-35(26-11-4-2-5-12-26)30-21-22-32-37(34-17-10-16-33-29-15-8-9-18-38(29)42-41(33)34)24-36(27-13-6-3-7-14-27)31-20-19-28(25)39(30)40(31)32/h2-24H,1H3. The van der Waals surface area contributed by atoms with Crippen LogP contribution in [0.3, 0.4) is 0 Å². The van der Waals surface area contributed by atoms with Crippen LogP contribution >= 0.6 is 11.3 Å². The summed E-state index contributed by atoms with van der Waals surface area (Å²) in [5.41, 5.74) is 9.02. The summed E-state index contributed by atoms with van der Waals surface area (Å²) in [4.78, 5) is 0. The molecule has 8 aromatic carbocycles. The van der Waals surface area contributed by atoms with E-state index in [-0.39, 0.29) is 0 Å². The maximum Gasteiger partial charge on any atom is 0.0434 e. The van der Waals surface area contributed by atoms with Crippen LogP contribution in [0.1, 0.15) is 5.56 Å². The Morgan fingerprint density at radius 2 is 0.929 bits per heavy atom. The minimum Gasteiger partial charge on any atom is -0.135 e. The van der Waals surface area contributed by atoms with Gasteiger partial charge in [-0.25, -0.2) is 0 Å². The highest BCUT2D eigenvalue weighted by molar-refractivity contribution is 7.26. The highest BCUT2D eigenvalue weighted by Gasteiger charge is 2.21. The minimum absolute atomic E-state index is 1.25. The van der Waals surface area contributed by atoms with Gasteiger partial charge in [-0.1, -0.05) is 127 Å². The molecule has 42 heavy (non-hydrogen) atoms. The van der Waals surface area contributed by atoms with Crippen molar-refractivity contribution < 1.29 is 0 Å². The summed E-state index contributed by atoms with van der Waals surface area (Å²) in [6.07, 6.45) is 0. The van der Waals surface area contributed by atoms with E-state index in [1.807, 2.05) is 11.3 Å². The number of thiophene rings is 1. The summed E-state index contributed by atoms with van der Waals surface area (Å²) in [5.74, 6) is 0. The molecule has 0 radical (unpaired) electrons. The van der Waals surface area contributed by atoms with Crippen molar-refractivity contribution in [3.05, 3.63) is 145 Å². The van der Waals surface area contributed by atoms with Crippen LogP contribution in [-0.2, 0) is 0 Å². The van der Waals surface area contributed by atoms with Crippen LogP contribution in [0.5, 0.6) is 0 Å². The average Bonchev–Trinajstić information content (AvgIpc) is 3.44. The molecule has 9 rings (SSSR count). The first-order valence-electron chi connectivity index (χ1n) is 14.5. The minimum atomic E-state index is 1.25. The second-order valence-corrected chi connectivity index (χ2v) is 12.3. The lowest BCUT2D eigenvalue weighted by molar-refractivity contribution is 1.53. The van der Waals surface area contributed by atoms with Gasteiger partial charge in [-0.3, -0.25) is 0 Å². The lowest BCUT2D eigenvalue weighted by atomic mass is 9.83. The number of rotatable bonds is 3. The first kappa shape index (κ1) is 23.7. The Labute approximate surface area is 248 Å². The van der Waals surface area contributed by atoms with Crippen molar-refractivity contribution >= 4 is 63.8 Å². The van der Waals surface area contributed by atoms with E-state index in [2.05, 4.69) is 146 Å². The molecule has 0 saturated heterocycles. The second-order valence-electron chi connectivity index (χ2n) is 11.3. The highest BCUT2D eigenvalue weighted by Crippen LogP contribution is 2.49. The molecule has 0 unspecified atom stereocenters. The van der Waals surface area contributed by atoms with Crippen LogP contribution in [0.25, 0.3) is 85.9 Å². The van der Waals surface area contributed by atoms with E-state index in [0.29, 0.717) is 0 Å². The first-order valence-corrected chi connectivity index (χ1v) is 15.3. The SMILES string of the molecule is Cc1cc(-c2ccccc2)c2ccc3c(-c4cccc5c4sc4ccccc45)cc(-c4ccccc4)c4ccc1c2c43. The Hall–Kier alpha value is -4.98. The summed E-state index contributed by atoms with van der Waals surface area (Å²) in [5, 5.41) is 10.7. The average molecular weight is 551 g/mol. The molecule has 0 N–H and O–H groups in total. The van der Waals surface area contributed by atoms with E-state index >= 15 is 0 Å². The van der Waals surface area contributed by atoms with E-state index in [1.165, 1.54) is 91.4 Å². The predicted octanol–water partition coefficient (Wildman–Crippen LogP) is 12.3. The van der Waals surface area contributed by atoms with E-state index in [0.717, 1.165) is 0 Å². The molecule has 0 nitrogen and oxygen atoms in total. The topological polar surface area (TPSA) is 0 Å². The van der Waals surface area contributed by atoms with Crippen molar-refractivity contribution in [1.29, 1.82) is 0 Å². The molecular weight excluding hydrogens is 525 g/mol. The van der Waals surface area contributed by atoms with Crippen LogP contribution in [0.4, 0.5) is 0 Å². The van der Waals surface area contributed by atoms with Crippen molar-refractivity contribution in [2.45, 2.75) is 6.92 Å². The molecule has 0 fully saturated rings. The van der Waals surface area contributed by atoms with Gasteiger partial charge in [0.25, 0.3) is 0 Å². The zero-order chi connectivity index (χ0) is 27.8. The summed E-state index contributed by atoms with van der Waals surface area (Å²) in [6.45, 7) is 2.26. The molecule has 9 aromatic rings. The van der Waals surface area contributed by atoms with E-state index < -0.39 is 0 Å². The lowest BCUT2D eigenvalue weighted by Gasteiger charge is -2.21. The highest BCUT2D eigenvalue weighted by atomic mass is 32.1. The van der Waals surface area contributed by atoms with Gasteiger partial charge < -0.3 is 0 Å². The van der Waals surface area contributed by atoms with Gasteiger partial charge in [0.1, 0.15) is 0 Å². The number of benzene rings is 8. The molecule has 0 amide bonds. The van der Waals surface area contributed by atoms with Gasteiger partial charge in [0.15, 0.2) is 0 Å². The zero-order valence-electron chi connectivity index (χ0n) is 23.2. The van der Waals surface area contributed by atoms with Gasteiger partial charge in [0.05, 0.1) is 0 Å². The lowest BCUT2D eigenvalue weighted by Crippen LogP contribution is -1.94. The van der Waals surface area contributed by atoms with Gasteiger partial charge in [0, 0.05) is 25.7 Å². The third kappa shape index (κ3) is 3.35. The normalized spacial score (nSPS) is 11.9. The van der Waals surface area contributed by atoms with E-state index in [1.54, 1.807) is 0 Å². The zero-order valence-corrected chi connectivity index (χ0v) is 24.0. The number of hydrogen-bond acceptors (Lipinski definition) is 1. The van der Waals surface area contributed by atoms with E-state index in [9.17, 15) is 0 Å². The Balaban J connectivity index is 1.48. The first-order chi connectivity index (χ1) is 20.8. The Kier molecular flexibility index (Phi) is 5.08. The molecule has 196 valence electrons. The molecular formula is C41H26S. The van der Waals surface area contributed by atoms with Crippen molar-refractivity contribution in [1.82, 2.24) is 0 Å². The van der Waals surface area contributed by atoms with Crippen molar-refractivity contribution in [3.8, 4) is 33.4 Å². The van der Waals surface area contributed by atoms with Gasteiger partial charge in [-0.15, -0.1) is 11.3 Å². The summed E-state index contributed by atoms with van der Waals surface area (Å²) < 4.78 is 2.69. The van der Waals surface area contributed by atoms with Crippen LogP contribution in [0, 0.1) is 6.92 Å². The Morgan fingerprint density at radius 3 is 1.64 bits per heavy atom. The van der Waals surface area contributed by atoms with Crippen molar-refractivity contribution in [2.75, 3.05) is 0 Å². The van der Waals surface area contributed by atoms with Crippen molar-refractivity contribution in [2.24, 2.45) is 0 Å². The fourth-order valence-electron chi connectivity index (χ4n) is 7.06. The van der Waals surface area contributed by atoms with Gasteiger partial charge in [0.2, 0.25) is 0 Å². The second kappa shape index (κ2) is 9.01. The maximum atomic E-state index is 2.45. The number of hydrogen-bond donors (Lipinski definition) is 0. The quantitative estimate of drug-likeness (QED) is 0.192. The summed E-state index contributed by atoms with van der Waals surface area (Å²) in [6, 6.07) is 51.6. The smallest absolute Gasteiger partial charge is 0.0434 e. The molecule has 0 aliphatic rings. The summed E-state index contributed by atoms with van der Waals surface area (Å²) >= 11 is 1.91. The molecule has 0 atom stereocenters. The third-order valence-corrected chi connectivity index (χ3v) is 10.2. The number of fused-ring (bicyclic) bond motifs is 3. The molecule has 0 spiro atoms. The van der Waals surface area contributed by atoms with Crippen LogP contribution < -0.4 is 0 Å². The Morgan fingerprint density at radius 1 is 0.381 bits per heavy atom. The summed E-state index contributed by atoms with van der Waals surface area (Å²) in [7, 11) is 0. The van der Waals surface area contributed by atoms with Gasteiger partial charge >= 0.3 is 0 Å². The molecule has 1 heteroatoms. The van der Waals surface area contributed by atoms with Crippen molar-refractivity contribution in [3.63, 3.8) is 0 Å². The van der Waals surface area contributed by atoms with Crippen LogP contribution in [0.2, 0.25) is 0 Å². The number of aryl methyl sites for hydroxylation is 1. The molecule has 0 aliphatic heterocycles. The predicted molar refractivity (Wildman–Crippen MR) is 184 cm³/mol. The molecule has 1 aromatic heterocycles. The molecule has 1 heterocycles.